The quantitative estimate of drug-likeness (QED) is 0.809. The van der Waals surface area contributed by atoms with Crippen molar-refractivity contribution in [2.24, 2.45) is 7.05 Å². The summed E-state index contributed by atoms with van der Waals surface area (Å²) >= 11 is 0. The molecule has 0 aliphatic carbocycles. The zero-order chi connectivity index (χ0) is 15.8. The van der Waals surface area contributed by atoms with E-state index >= 15 is 0 Å². The van der Waals surface area contributed by atoms with Crippen LogP contribution in [0.2, 0.25) is 0 Å². The third-order valence-corrected chi connectivity index (χ3v) is 4.23. The fraction of sp³-hybridized carbons (Fsp3) is 0.294. The largest absolute Gasteiger partial charge is 0.315 e. The maximum absolute atomic E-state index is 13.2. The summed E-state index contributed by atoms with van der Waals surface area (Å²) in [6, 6.07) is 10.8. The Morgan fingerprint density at radius 1 is 1.13 bits per heavy atom. The number of aryl methyl sites for hydroxylation is 1. The van der Waals surface area contributed by atoms with E-state index in [1.54, 1.807) is 16.8 Å². The second-order valence-electron chi connectivity index (χ2n) is 5.89. The van der Waals surface area contributed by atoms with Gasteiger partial charge in [-0.3, -0.25) is 9.36 Å². The predicted molar refractivity (Wildman–Crippen MR) is 86.3 cm³/mol. The first-order chi connectivity index (χ1) is 11.2. The number of nitrogens with one attached hydrogen (secondary N) is 1. The molecule has 1 aromatic carbocycles. The molecular weight excluding hydrogens is 293 g/mol. The molecule has 6 heteroatoms. The van der Waals surface area contributed by atoms with Crippen LogP contribution in [-0.2, 0) is 7.05 Å². The van der Waals surface area contributed by atoms with Gasteiger partial charge in [0.05, 0.1) is 17.4 Å². The van der Waals surface area contributed by atoms with E-state index in [9.17, 15) is 4.39 Å². The monoisotopic (exact) mass is 311 g/mol. The lowest BCUT2D eigenvalue weighted by molar-refractivity contribution is 0.496. The highest BCUT2D eigenvalue weighted by atomic mass is 19.1. The van der Waals surface area contributed by atoms with E-state index in [-0.39, 0.29) is 5.82 Å². The van der Waals surface area contributed by atoms with Crippen LogP contribution < -0.4 is 5.32 Å². The van der Waals surface area contributed by atoms with Gasteiger partial charge in [-0.1, -0.05) is 0 Å². The third-order valence-electron chi connectivity index (χ3n) is 4.23. The first-order valence-electron chi connectivity index (χ1n) is 7.77. The smallest absolute Gasteiger partial charge is 0.123 e. The highest BCUT2D eigenvalue weighted by Gasteiger charge is 2.23. The summed E-state index contributed by atoms with van der Waals surface area (Å²) in [6.45, 7) is 1.91. The van der Waals surface area contributed by atoms with Gasteiger partial charge in [0.15, 0.2) is 0 Å². The van der Waals surface area contributed by atoms with Crippen LogP contribution in [0.5, 0.6) is 0 Å². The first kappa shape index (κ1) is 14.1. The lowest BCUT2D eigenvalue weighted by Gasteiger charge is -2.12. The number of nitrogens with zero attached hydrogens (tertiary/aromatic N) is 4. The lowest BCUT2D eigenvalue weighted by atomic mass is 10.1. The van der Waals surface area contributed by atoms with Crippen molar-refractivity contribution < 1.29 is 4.39 Å². The fourth-order valence-electron chi connectivity index (χ4n) is 3.03. The summed E-state index contributed by atoms with van der Waals surface area (Å²) in [4.78, 5) is 0. The van der Waals surface area contributed by atoms with E-state index in [1.807, 2.05) is 25.4 Å². The molecule has 1 unspecified atom stereocenters. The molecule has 118 valence electrons. The maximum Gasteiger partial charge on any atom is 0.123 e. The van der Waals surface area contributed by atoms with Crippen LogP contribution in [0.25, 0.3) is 22.6 Å². The molecule has 5 nitrogen and oxygen atoms in total. The van der Waals surface area contributed by atoms with Crippen molar-refractivity contribution in [2.75, 3.05) is 13.1 Å². The van der Waals surface area contributed by atoms with Crippen molar-refractivity contribution in [3.05, 3.63) is 48.4 Å². The van der Waals surface area contributed by atoms with Gasteiger partial charge >= 0.3 is 0 Å². The molecular formula is C17H18FN5. The van der Waals surface area contributed by atoms with Crippen molar-refractivity contribution in [1.82, 2.24) is 24.9 Å². The number of hydrogen-bond acceptors (Lipinski definition) is 3. The molecule has 4 rings (SSSR count). The Bertz CT molecular complexity index is 812. The van der Waals surface area contributed by atoms with E-state index in [0.717, 1.165) is 42.2 Å². The van der Waals surface area contributed by atoms with Crippen LogP contribution in [0.3, 0.4) is 0 Å². The van der Waals surface area contributed by atoms with Gasteiger partial charge in [-0.25, -0.2) is 4.39 Å². The van der Waals surface area contributed by atoms with Gasteiger partial charge in [-0.15, -0.1) is 0 Å². The Morgan fingerprint density at radius 3 is 2.61 bits per heavy atom. The highest BCUT2D eigenvalue weighted by molar-refractivity contribution is 5.66. The van der Waals surface area contributed by atoms with Crippen LogP contribution in [0.15, 0.2) is 42.6 Å². The Balaban J connectivity index is 1.81. The molecule has 1 N–H and O–H groups in total. The van der Waals surface area contributed by atoms with Crippen molar-refractivity contribution >= 4 is 0 Å². The summed E-state index contributed by atoms with van der Waals surface area (Å²) in [5, 5.41) is 12.7. The summed E-state index contributed by atoms with van der Waals surface area (Å²) in [7, 11) is 1.90. The minimum Gasteiger partial charge on any atom is -0.315 e. The average molecular weight is 311 g/mol. The molecule has 0 amide bonds. The minimum atomic E-state index is -0.238. The zero-order valence-electron chi connectivity index (χ0n) is 12.9. The fourth-order valence-corrected chi connectivity index (χ4v) is 3.03. The summed E-state index contributed by atoms with van der Waals surface area (Å²) in [5.41, 5.74) is 3.66. The van der Waals surface area contributed by atoms with Gasteiger partial charge in [-0.2, -0.15) is 10.2 Å². The average Bonchev–Trinajstić information content (AvgIpc) is 3.27. The first-order valence-corrected chi connectivity index (χ1v) is 7.77. The Hall–Kier alpha value is -2.47. The van der Waals surface area contributed by atoms with Gasteiger partial charge in [0, 0.05) is 25.4 Å². The van der Waals surface area contributed by atoms with Crippen molar-refractivity contribution in [2.45, 2.75) is 12.5 Å². The molecule has 23 heavy (non-hydrogen) atoms. The number of hydrogen-bond donors (Lipinski definition) is 1. The van der Waals surface area contributed by atoms with Crippen molar-refractivity contribution in [1.29, 1.82) is 0 Å². The number of benzene rings is 1. The molecule has 0 radical (unpaired) electrons. The van der Waals surface area contributed by atoms with Gasteiger partial charge < -0.3 is 5.32 Å². The summed E-state index contributed by atoms with van der Waals surface area (Å²) in [5.74, 6) is -0.238. The Kier molecular flexibility index (Phi) is 3.46. The molecule has 1 aliphatic heterocycles. The van der Waals surface area contributed by atoms with Gasteiger partial charge in [0.25, 0.3) is 0 Å². The zero-order valence-corrected chi connectivity index (χ0v) is 12.9. The summed E-state index contributed by atoms with van der Waals surface area (Å²) in [6.07, 6.45) is 2.97. The molecule has 0 spiro atoms. The lowest BCUT2D eigenvalue weighted by Crippen LogP contribution is -2.15. The van der Waals surface area contributed by atoms with E-state index < -0.39 is 0 Å². The van der Waals surface area contributed by atoms with E-state index in [2.05, 4.69) is 15.1 Å². The van der Waals surface area contributed by atoms with E-state index in [0.29, 0.717) is 6.04 Å². The van der Waals surface area contributed by atoms with Crippen molar-refractivity contribution in [3.8, 4) is 22.6 Å². The minimum absolute atomic E-state index is 0.238. The molecule has 0 saturated carbocycles. The molecule has 3 heterocycles. The molecule has 0 bridgehead atoms. The second kappa shape index (κ2) is 5.62. The predicted octanol–water partition coefficient (Wildman–Crippen LogP) is 2.62. The SMILES string of the molecule is Cn1ccc(-c2cc(-c3ccc(F)cc3)nn2C2CCNC2)n1. The number of halogens is 1. The molecule has 3 aromatic rings. The summed E-state index contributed by atoms with van der Waals surface area (Å²) < 4.78 is 17.0. The van der Waals surface area contributed by atoms with Crippen LogP contribution in [-0.4, -0.2) is 32.7 Å². The molecule has 1 saturated heterocycles. The van der Waals surface area contributed by atoms with Crippen LogP contribution in [0.1, 0.15) is 12.5 Å². The standard InChI is InChI=1S/C17H18FN5/c1-22-9-7-15(20-22)17-10-16(12-2-4-13(18)5-3-12)21-23(17)14-6-8-19-11-14/h2-5,7,9-10,14,19H,6,8,11H2,1H3. The van der Waals surface area contributed by atoms with Crippen LogP contribution >= 0.6 is 0 Å². The van der Waals surface area contributed by atoms with Gasteiger partial charge in [0.1, 0.15) is 11.5 Å². The highest BCUT2D eigenvalue weighted by Crippen LogP contribution is 2.29. The van der Waals surface area contributed by atoms with Gasteiger partial charge in [-0.05, 0) is 49.4 Å². The Labute approximate surface area is 133 Å². The Morgan fingerprint density at radius 2 is 1.96 bits per heavy atom. The molecule has 2 aromatic heterocycles. The van der Waals surface area contributed by atoms with E-state index in [4.69, 9.17) is 5.10 Å². The molecule has 1 atom stereocenters. The third kappa shape index (κ3) is 2.66. The topological polar surface area (TPSA) is 47.7 Å². The normalized spacial score (nSPS) is 17.7. The number of aromatic nitrogens is 4. The van der Waals surface area contributed by atoms with Crippen molar-refractivity contribution in [3.63, 3.8) is 0 Å². The number of rotatable bonds is 3. The van der Waals surface area contributed by atoms with E-state index in [1.165, 1.54) is 12.1 Å². The second-order valence-corrected chi connectivity index (χ2v) is 5.89. The molecule has 1 fully saturated rings. The van der Waals surface area contributed by atoms with Crippen LogP contribution in [0.4, 0.5) is 4.39 Å². The van der Waals surface area contributed by atoms with Gasteiger partial charge in [0.2, 0.25) is 0 Å². The molecule has 1 aliphatic rings. The van der Waals surface area contributed by atoms with Crippen LogP contribution in [0, 0.1) is 5.82 Å². The maximum atomic E-state index is 13.2.